The number of hydrogen-bond donors (Lipinski definition) is 2. The smallest absolute Gasteiger partial charge is 0.416 e. The van der Waals surface area contributed by atoms with Crippen molar-refractivity contribution in [3.05, 3.63) is 77.7 Å². The standard InChI is InChI=1S/C24H21F3N4O4/c1-2-34-17-8-5-15(6-9-17)22(33)28-13-21(32)30-23-29-19-12-16(24(25,26)27)7-10-20(19)31(23)14-18-4-3-11-35-18/h3-12H,2,13-14H2,1H3,(H,28,33)(H,29,30,32). The van der Waals surface area contributed by atoms with Crippen LogP contribution in [-0.2, 0) is 17.5 Å². The predicted molar refractivity (Wildman–Crippen MR) is 121 cm³/mol. The van der Waals surface area contributed by atoms with Gasteiger partial charge in [0, 0.05) is 5.56 Å². The van der Waals surface area contributed by atoms with Crippen molar-refractivity contribution >= 4 is 28.8 Å². The molecule has 0 radical (unpaired) electrons. The highest BCUT2D eigenvalue weighted by Crippen LogP contribution is 2.32. The van der Waals surface area contributed by atoms with Crippen molar-refractivity contribution in [3.63, 3.8) is 0 Å². The van der Waals surface area contributed by atoms with Crippen molar-refractivity contribution in [2.24, 2.45) is 0 Å². The number of halogens is 3. The normalized spacial score (nSPS) is 11.4. The summed E-state index contributed by atoms with van der Waals surface area (Å²) in [5.41, 5.74) is -0.0811. The Bertz CT molecular complexity index is 1330. The fourth-order valence-corrected chi connectivity index (χ4v) is 3.42. The lowest BCUT2D eigenvalue weighted by Crippen LogP contribution is -2.33. The Hall–Kier alpha value is -4.28. The molecule has 0 spiro atoms. The molecule has 8 nitrogen and oxygen atoms in total. The molecule has 4 aromatic rings. The molecule has 2 heterocycles. The minimum absolute atomic E-state index is 0.0241. The average molecular weight is 486 g/mol. The molecule has 0 saturated carbocycles. The highest BCUT2D eigenvalue weighted by atomic mass is 19.4. The van der Waals surface area contributed by atoms with Gasteiger partial charge in [0.15, 0.2) is 0 Å². The second kappa shape index (κ2) is 9.92. The first-order valence-corrected chi connectivity index (χ1v) is 10.7. The zero-order chi connectivity index (χ0) is 25.0. The number of fused-ring (bicyclic) bond motifs is 1. The fraction of sp³-hybridized carbons (Fsp3) is 0.208. The van der Waals surface area contributed by atoms with Gasteiger partial charge in [0.2, 0.25) is 11.9 Å². The van der Waals surface area contributed by atoms with E-state index in [1.165, 1.54) is 16.9 Å². The number of hydrogen-bond acceptors (Lipinski definition) is 5. The molecule has 0 fully saturated rings. The monoisotopic (exact) mass is 486 g/mol. The molecule has 182 valence electrons. The molecule has 11 heteroatoms. The Morgan fingerprint density at radius 3 is 2.54 bits per heavy atom. The Morgan fingerprint density at radius 1 is 1.11 bits per heavy atom. The highest BCUT2D eigenvalue weighted by Gasteiger charge is 2.31. The van der Waals surface area contributed by atoms with Crippen LogP contribution in [0.2, 0.25) is 0 Å². The summed E-state index contributed by atoms with van der Waals surface area (Å²) in [5, 5.41) is 5.06. The lowest BCUT2D eigenvalue weighted by atomic mass is 10.2. The number of nitrogens with one attached hydrogen (secondary N) is 2. The van der Waals surface area contributed by atoms with Crippen LogP contribution in [0.4, 0.5) is 19.1 Å². The fourth-order valence-electron chi connectivity index (χ4n) is 3.42. The topological polar surface area (TPSA) is 98.4 Å². The maximum Gasteiger partial charge on any atom is 0.416 e. The van der Waals surface area contributed by atoms with E-state index in [4.69, 9.17) is 9.15 Å². The number of carbonyl (C=O) groups excluding carboxylic acids is 2. The van der Waals surface area contributed by atoms with Crippen LogP contribution in [0.3, 0.4) is 0 Å². The molecule has 4 rings (SSSR count). The third-order valence-corrected chi connectivity index (χ3v) is 5.06. The average Bonchev–Trinajstić information content (AvgIpc) is 3.45. The minimum atomic E-state index is -4.53. The van der Waals surface area contributed by atoms with E-state index in [0.29, 0.717) is 29.2 Å². The molecule has 2 N–H and O–H groups in total. The molecular weight excluding hydrogens is 465 g/mol. The highest BCUT2D eigenvalue weighted by molar-refractivity contribution is 5.99. The number of furan rings is 1. The van der Waals surface area contributed by atoms with Gasteiger partial charge >= 0.3 is 6.18 Å². The van der Waals surface area contributed by atoms with E-state index in [9.17, 15) is 22.8 Å². The Kier molecular flexibility index (Phi) is 6.76. The predicted octanol–water partition coefficient (Wildman–Crippen LogP) is 4.46. The molecule has 2 amide bonds. The van der Waals surface area contributed by atoms with Crippen LogP contribution in [0, 0.1) is 0 Å². The molecule has 2 aromatic heterocycles. The van der Waals surface area contributed by atoms with Crippen LogP contribution in [0.15, 0.2) is 65.3 Å². The number of alkyl halides is 3. The number of amides is 2. The molecule has 0 aliphatic rings. The number of carbonyl (C=O) groups is 2. The summed E-state index contributed by atoms with van der Waals surface area (Å²) in [6, 6.07) is 12.9. The summed E-state index contributed by atoms with van der Waals surface area (Å²) < 4.78 is 51.6. The van der Waals surface area contributed by atoms with Crippen LogP contribution >= 0.6 is 0 Å². The number of aromatic nitrogens is 2. The Labute approximate surface area is 197 Å². The number of rotatable bonds is 8. The van der Waals surface area contributed by atoms with Gasteiger partial charge < -0.3 is 19.0 Å². The van der Waals surface area contributed by atoms with Crippen molar-refractivity contribution in [2.45, 2.75) is 19.6 Å². The molecule has 0 bridgehead atoms. The third-order valence-electron chi connectivity index (χ3n) is 5.06. The van der Waals surface area contributed by atoms with Crippen LogP contribution in [0.25, 0.3) is 11.0 Å². The molecule has 0 aliphatic carbocycles. The summed E-state index contributed by atoms with van der Waals surface area (Å²) in [6.45, 7) is 2.10. The summed E-state index contributed by atoms with van der Waals surface area (Å²) in [7, 11) is 0. The van der Waals surface area contributed by atoms with E-state index in [2.05, 4.69) is 15.6 Å². The molecule has 0 atom stereocenters. The zero-order valence-electron chi connectivity index (χ0n) is 18.6. The van der Waals surface area contributed by atoms with Gasteiger partial charge in [-0.3, -0.25) is 14.9 Å². The SMILES string of the molecule is CCOc1ccc(C(=O)NCC(=O)Nc2nc3cc(C(F)(F)F)ccc3n2Cc2ccco2)cc1. The van der Waals surface area contributed by atoms with E-state index in [1.807, 2.05) is 6.92 Å². The summed E-state index contributed by atoms with van der Waals surface area (Å²) in [4.78, 5) is 29.1. The van der Waals surface area contributed by atoms with Gasteiger partial charge in [0.1, 0.15) is 11.5 Å². The largest absolute Gasteiger partial charge is 0.494 e. The molecule has 35 heavy (non-hydrogen) atoms. The van der Waals surface area contributed by atoms with Gasteiger partial charge in [-0.25, -0.2) is 4.98 Å². The Morgan fingerprint density at radius 2 is 1.89 bits per heavy atom. The van der Waals surface area contributed by atoms with Crippen molar-refractivity contribution in [1.29, 1.82) is 0 Å². The number of ether oxygens (including phenoxy) is 1. The zero-order valence-corrected chi connectivity index (χ0v) is 18.6. The number of anilines is 1. The molecule has 0 unspecified atom stereocenters. The van der Waals surface area contributed by atoms with Crippen LogP contribution in [0.5, 0.6) is 5.75 Å². The van der Waals surface area contributed by atoms with Gasteiger partial charge in [-0.05, 0) is 61.5 Å². The lowest BCUT2D eigenvalue weighted by molar-refractivity contribution is -0.137. The molecule has 0 saturated heterocycles. The first-order valence-electron chi connectivity index (χ1n) is 10.7. The molecule has 0 aliphatic heterocycles. The molecule has 2 aromatic carbocycles. The maximum absolute atomic E-state index is 13.1. The second-order valence-electron chi connectivity index (χ2n) is 7.49. The summed E-state index contributed by atoms with van der Waals surface area (Å²) in [6.07, 6.45) is -3.07. The van der Waals surface area contributed by atoms with Crippen molar-refractivity contribution in [1.82, 2.24) is 14.9 Å². The van der Waals surface area contributed by atoms with E-state index in [-0.39, 0.29) is 24.6 Å². The first kappa shape index (κ1) is 23.9. The first-order chi connectivity index (χ1) is 16.7. The van der Waals surface area contributed by atoms with Crippen LogP contribution < -0.4 is 15.4 Å². The van der Waals surface area contributed by atoms with Gasteiger partial charge in [-0.15, -0.1) is 0 Å². The van der Waals surface area contributed by atoms with Crippen molar-refractivity contribution in [2.75, 3.05) is 18.5 Å². The Balaban J connectivity index is 1.50. The number of benzene rings is 2. The summed E-state index contributed by atoms with van der Waals surface area (Å²) in [5.74, 6) is 0.0870. The number of imidazole rings is 1. The quantitative estimate of drug-likeness (QED) is 0.383. The molecular formula is C24H21F3N4O4. The van der Waals surface area contributed by atoms with Gasteiger partial charge in [0.25, 0.3) is 5.91 Å². The van der Waals surface area contributed by atoms with E-state index in [1.54, 1.807) is 36.4 Å². The van der Waals surface area contributed by atoms with Crippen molar-refractivity contribution in [3.8, 4) is 5.75 Å². The minimum Gasteiger partial charge on any atom is -0.494 e. The lowest BCUT2D eigenvalue weighted by Gasteiger charge is -2.10. The maximum atomic E-state index is 13.1. The van der Waals surface area contributed by atoms with Gasteiger partial charge in [0.05, 0.1) is 42.6 Å². The van der Waals surface area contributed by atoms with Gasteiger partial charge in [-0.2, -0.15) is 13.2 Å². The van der Waals surface area contributed by atoms with E-state index in [0.717, 1.165) is 12.1 Å². The number of nitrogens with zero attached hydrogens (tertiary/aromatic N) is 2. The van der Waals surface area contributed by atoms with Crippen LogP contribution in [0.1, 0.15) is 28.6 Å². The third kappa shape index (κ3) is 5.62. The van der Waals surface area contributed by atoms with E-state index >= 15 is 0 Å². The van der Waals surface area contributed by atoms with Crippen LogP contribution in [-0.4, -0.2) is 34.5 Å². The summed E-state index contributed by atoms with van der Waals surface area (Å²) >= 11 is 0. The van der Waals surface area contributed by atoms with E-state index < -0.39 is 23.6 Å². The van der Waals surface area contributed by atoms with Crippen molar-refractivity contribution < 1.29 is 31.9 Å². The van der Waals surface area contributed by atoms with Gasteiger partial charge in [-0.1, -0.05) is 0 Å². The second-order valence-corrected chi connectivity index (χ2v) is 7.49.